The first-order valence-corrected chi connectivity index (χ1v) is 16.9. The average molecular weight is 636 g/mol. The van der Waals surface area contributed by atoms with Crippen molar-refractivity contribution in [2.24, 2.45) is 0 Å². The van der Waals surface area contributed by atoms with Gasteiger partial charge >= 0.3 is 0 Å². The third-order valence-electron chi connectivity index (χ3n) is 10.2. The number of fused-ring (bicyclic) bond motifs is 10. The molecule has 0 spiro atoms. The van der Waals surface area contributed by atoms with E-state index in [9.17, 15) is 5.26 Å². The van der Waals surface area contributed by atoms with Gasteiger partial charge in [0.15, 0.2) is 0 Å². The fraction of sp³-hybridized carbons (Fsp3) is 0. The van der Waals surface area contributed by atoms with E-state index in [0.29, 0.717) is 0 Å². The smallest absolute Gasteiger partial charge is 0.0918 e. The number of allylic oxidation sites excluding steroid dienone is 1. The fourth-order valence-corrected chi connectivity index (χ4v) is 8.01. The molecule has 0 fully saturated rings. The zero-order valence-corrected chi connectivity index (χ0v) is 27.1. The Morgan fingerprint density at radius 1 is 0.400 bits per heavy atom. The van der Waals surface area contributed by atoms with Crippen molar-refractivity contribution in [2.75, 3.05) is 0 Å². The van der Waals surface area contributed by atoms with E-state index in [-0.39, 0.29) is 0 Å². The molecule has 0 unspecified atom stereocenters. The summed E-state index contributed by atoms with van der Waals surface area (Å²) in [5.41, 5.74) is 9.77. The molecule has 10 aromatic rings. The van der Waals surface area contributed by atoms with Crippen molar-refractivity contribution in [3.8, 4) is 17.4 Å². The van der Waals surface area contributed by atoms with Crippen LogP contribution in [0.15, 0.2) is 176 Å². The van der Waals surface area contributed by atoms with Crippen LogP contribution < -0.4 is 0 Å². The van der Waals surface area contributed by atoms with Crippen LogP contribution in [0.5, 0.6) is 0 Å². The van der Waals surface area contributed by atoms with Gasteiger partial charge in [0, 0.05) is 39.0 Å². The Hall–Kier alpha value is -6.89. The van der Waals surface area contributed by atoms with Crippen LogP contribution in [0.2, 0.25) is 0 Å². The van der Waals surface area contributed by atoms with Crippen molar-refractivity contribution < 1.29 is 0 Å². The predicted octanol–water partition coefficient (Wildman–Crippen LogP) is 12.1. The number of nitrogens with zero attached hydrogens (tertiary/aromatic N) is 3. The molecule has 0 aliphatic heterocycles. The van der Waals surface area contributed by atoms with E-state index in [1.807, 2.05) is 0 Å². The molecule has 0 radical (unpaired) electrons. The summed E-state index contributed by atoms with van der Waals surface area (Å²) in [5.74, 6) is 0. The monoisotopic (exact) mass is 635 g/mol. The van der Waals surface area contributed by atoms with E-state index < -0.39 is 0 Å². The van der Waals surface area contributed by atoms with Crippen LogP contribution in [0.25, 0.3) is 82.1 Å². The van der Waals surface area contributed by atoms with Crippen LogP contribution in [0, 0.1) is 11.3 Å². The van der Waals surface area contributed by atoms with Crippen LogP contribution in [0.3, 0.4) is 0 Å². The molecule has 232 valence electrons. The molecule has 0 saturated carbocycles. The Bertz CT molecular complexity index is 2820. The number of hydrogen-bond donors (Lipinski definition) is 0. The third-order valence-corrected chi connectivity index (χ3v) is 10.2. The minimum Gasteiger partial charge on any atom is -0.309 e. The SMILES string of the molecule is N#CC=C(c1ccc(-n2c3ccccc3c3c4ccccc4ccc32)cc1)c1ccc(-n2c3ccccc3c3c4ccccc4ccc32)cc1. The van der Waals surface area contributed by atoms with Gasteiger partial charge in [-0.25, -0.2) is 0 Å². The molecule has 8 aromatic carbocycles. The van der Waals surface area contributed by atoms with Crippen LogP contribution in [-0.4, -0.2) is 9.13 Å². The largest absolute Gasteiger partial charge is 0.309 e. The zero-order chi connectivity index (χ0) is 33.2. The van der Waals surface area contributed by atoms with Crippen molar-refractivity contribution in [1.82, 2.24) is 9.13 Å². The van der Waals surface area contributed by atoms with Crippen molar-refractivity contribution in [3.05, 3.63) is 187 Å². The van der Waals surface area contributed by atoms with E-state index in [1.165, 1.54) is 65.2 Å². The lowest BCUT2D eigenvalue weighted by molar-refractivity contribution is 1.18. The number of hydrogen-bond acceptors (Lipinski definition) is 1. The molecule has 0 atom stereocenters. The lowest BCUT2D eigenvalue weighted by atomic mass is 9.97. The molecule has 0 bridgehead atoms. The van der Waals surface area contributed by atoms with Gasteiger partial charge in [0.1, 0.15) is 0 Å². The number of nitriles is 1. The maximum absolute atomic E-state index is 9.88. The summed E-state index contributed by atoms with van der Waals surface area (Å²) in [4.78, 5) is 0. The molecule has 10 rings (SSSR count). The van der Waals surface area contributed by atoms with Gasteiger partial charge in [-0.3, -0.25) is 0 Å². The summed E-state index contributed by atoms with van der Waals surface area (Å²) in [6.45, 7) is 0. The summed E-state index contributed by atoms with van der Waals surface area (Å²) in [6, 6.07) is 62.8. The van der Waals surface area contributed by atoms with E-state index >= 15 is 0 Å². The van der Waals surface area contributed by atoms with E-state index in [4.69, 9.17) is 0 Å². The Morgan fingerprint density at radius 3 is 1.24 bits per heavy atom. The summed E-state index contributed by atoms with van der Waals surface area (Å²) in [5, 5.41) is 19.9. The Balaban J connectivity index is 1.06. The van der Waals surface area contributed by atoms with Crippen molar-refractivity contribution in [3.63, 3.8) is 0 Å². The van der Waals surface area contributed by atoms with Crippen molar-refractivity contribution >= 4 is 70.7 Å². The second-order valence-electron chi connectivity index (χ2n) is 12.8. The third kappa shape index (κ3) is 4.16. The van der Waals surface area contributed by atoms with Crippen LogP contribution in [0.4, 0.5) is 0 Å². The molecular formula is C47H29N3. The maximum atomic E-state index is 9.88. The number of benzene rings is 8. The highest BCUT2D eigenvalue weighted by molar-refractivity contribution is 6.22. The number of aromatic nitrogens is 2. The Morgan fingerprint density at radius 2 is 0.800 bits per heavy atom. The first-order valence-electron chi connectivity index (χ1n) is 16.9. The molecule has 3 nitrogen and oxygen atoms in total. The van der Waals surface area contributed by atoms with Gasteiger partial charge in [0.2, 0.25) is 0 Å². The van der Waals surface area contributed by atoms with Crippen molar-refractivity contribution in [1.29, 1.82) is 5.26 Å². The molecule has 0 aliphatic carbocycles. The molecular weight excluding hydrogens is 607 g/mol. The first kappa shape index (κ1) is 28.2. The van der Waals surface area contributed by atoms with Gasteiger partial charge in [-0.2, -0.15) is 5.26 Å². The van der Waals surface area contributed by atoms with Crippen LogP contribution in [-0.2, 0) is 0 Å². The molecule has 0 saturated heterocycles. The van der Waals surface area contributed by atoms with E-state index in [0.717, 1.165) is 28.1 Å². The molecule has 3 heteroatoms. The molecule has 2 aromatic heterocycles. The van der Waals surface area contributed by atoms with E-state index in [2.05, 4.69) is 185 Å². The molecule has 0 N–H and O–H groups in total. The summed E-state index contributed by atoms with van der Waals surface area (Å²) in [7, 11) is 0. The van der Waals surface area contributed by atoms with Gasteiger partial charge < -0.3 is 9.13 Å². The number of rotatable bonds is 4. The summed E-state index contributed by atoms with van der Waals surface area (Å²) < 4.78 is 4.69. The van der Waals surface area contributed by atoms with Gasteiger partial charge in [-0.1, -0.05) is 121 Å². The average Bonchev–Trinajstić information content (AvgIpc) is 3.71. The number of para-hydroxylation sites is 2. The van der Waals surface area contributed by atoms with Gasteiger partial charge in [0.05, 0.1) is 28.1 Å². The molecule has 50 heavy (non-hydrogen) atoms. The van der Waals surface area contributed by atoms with Crippen LogP contribution >= 0.6 is 0 Å². The summed E-state index contributed by atoms with van der Waals surface area (Å²) >= 11 is 0. The van der Waals surface area contributed by atoms with E-state index in [1.54, 1.807) is 6.08 Å². The maximum Gasteiger partial charge on any atom is 0.0918 e. The standard InChI is InChI=1S/C47H29N3/c48-30-29-37(33-17-23-35(24-18-33)49-42-15-7-5-13-40(42)46-38-11-3-1-9-31(38)21-27-44(46)49)34-19-25-36(26-20-34)50-43-16-8-6-14-41(43)47-39-12-4-2-10-32(39)22-28-45(47)50/h1-29H. The quantitative estimate of drug-likeness (QED) is 0.177. The second-order valence-corrected chi connectivity index (χ2v) is 12.8. The van der Waals surface area contributed by atoms with Gasteiger partial charge in [-0.05, 0) is 86.8 Å². The second kappa shape index (κ2) is 11.1. The highest BCUT2D eigenvalue weighted by Crippen LogP contribution is 2.39. The minimum absolute atomic E-state index is 0.895. The molecule has 0 aliphatic rings. The van der Waals surface area contributed by atoms with Gasteiger partial charge in [0.25, 0.3) is 0 Å². The highest BCUT2D eigenvalue weighted by Gasteiger charge is 2.17. The molecule has 2 heterocycles. The highest BCUT2D eigenvalue weighted by atomic mass is 15.0. The Kier molecular flexibility index (Phi) is 6.24. The minimum atomic E-state index is 0.895. The molecule has 0 amide bonds. The fourth-order valence-electron chi connectivity index (χ4n) is 8.01. The van der Waals surface area contributed by atoms with Crippen molar-refractivity contribution in [2.45, 2.75) is 0 Å². The first-order chi connectivity index (χ1) is 24.8. The lowest BCUT2D eigenvalue weighted by Crippen LogP contribution is -1.96. The van der Waals surface area contributed by atoms with Gasteiger partial charge in [-0.15, -0.1) is 0 Å². The zero-order valence-electron chi connectivity index (χ0n) is 27.1. The topological polar surface area (TPSA) is 33.6 Å². The summed E-state index contributed by atoms with van der Waals surface area (Å²) in [6.07, 6.45) is 1.66. The van der Waals surface area contributed by atoms with Crippen LogP contribution in [0.1, 0.15) is 11.1 Å². The lowest BCUT2D eigenvalue weighted by Gasteiger charge is -2.13. The normalized spacial score (nSPS) is 11.6. The Labute approximate surface area is 288 Å². The predicted molar refractivity (Wildman–Crippen MR) is 209 cm³/mol.